The first-order chi connectivity index (χ1) is 9.74. The van der Waals surface area contributed by atoms with Gasteiger partial charge in [-0.05, 0) is 53.9 Å². The first-order valence-electron chi connectivity index (χ1n) is 7.29. The molecule has 1 fully saturated rings. The number of hydrogen-bond acceptors (Lipinski definition) is 3. The molecule has 0 aromatic heterocycles. The van der Waals surface area contributed by atoms with Crippen LogP contribution in [0.25, 0.3) is 10.8 Å². The predicted molar refractivity (Wildman–Crippen MR) is 90.2 cm³/mol. The van der Waals surface area contributed by atoms with Gasteiger partial charge in [-0.15, -0.1) is 12.4 Å². The molecule has 2 aromatic rings. The fourth-order valence-corrected chi connectivity index (χ4v) is 2.99. The van der Waals surface area contributed by atoms with Crippen LogP contribution in [0.2, 0.25) is 0 Å². The fourth-order valence-electron chi connectivity index (χ4n) is 2.99. The van der Waals surface area contributed by atoms with Crippen molar-refractivity contribution in [1.29, 1.82) is 0 Å². The Hall–Kier alpha value is -1.29. The lowest BCUT2D eigenvalue weighted by molar-refractivity contribution is 0.201. The number of halogens is 1. The van der Waals surface area contributed by atoms with E-state index in [2.05, 4.69) is 35.2 Å². The fraction of sp³-hybridized carbons (Fsp3) is 0.412. The van der Waals surface area contributed by atoms with Crippen LogP contribution in [0.1, 0.15) is 18.4 Å². The van der Waals surface area contributed by atoms with Gasteiger partial charge in [-0.1, -0.05) is 18.2 Å². The smallest absolute Gasteiger partial charge is 0.119 e. The van der Waals surface area contributed by atoms with Crippen molar-refractivity contribution < 1.29 is 4.74 Å². The summed E-state index contributed by atoms with van der Waals surface area (Å²) in [5, 5.41) is 2.49. The predicted octanol–water partition coefficient (Wildman–Crippen LogP) is 3.19. The van der Waals surface area contributed by atoms with Gasteiger partial charge in [-0.2, -0.15) is 0 Å². The Labute approximate surface area is 132 Å². The summed E-state index contributed by atoms with van der Waals surface area (Å²) in [6, 6.07) is 13.2. The Morgan fingerprint density at radius 1 is 1.19 bits per heavy atom. The second kappa shape index (κ2) is 7.12. The first kappa shape index (κ1) is 16.1. The maximum absolute atomic E-state index is 6.05. The van der Waals surface area contributed by atoms with E-state index < -0.39 is 0 Å². The van der Waals surface area contributed by atoms with E-state index in [1.165, 1.54) is 22.8 Å². The minimum Gasteiger partial charge on any atom is -0.497 e. The summed E-state index contributed by atoms with van der Waals surface area (Å²) in [5.41, 5.74) is 7.40. The minimum absolute atomic E-state index is 0. The van der Waals surface area contributed by atoms with Gasteiger partial charge in [0.25, 0.3) is 0 Å². The van der Waals surface area contributed by atoms with Crippen molar-refractivity contribution in [3.63, 3.8) is 0 Å². The van der Waals surface area contributed by atoms with Crippen LogP contribution in [0.5, 0.6) is 5.75 Å². The van der Waals surface area contributed by atoms with Gasteiger partial charge in [0.1, 0.15) is 5.75 Å². The topological polar surface area (TPSA) is 38.5 Å². The summed E-state index contributed by atoms with van der Waals surface area (Å²) in [7, 11) is 1.70. The number of rotatable bonds is 3. The third-order valence-corrected chi connectivity index (χ3v) is 4.06. The van der Waals surface area contributed by atoms with E-state index in [0.29, 0.717) is 6.04 Å². The standard InChI is InChI=1S/C17H22N2O.ClH/c1-20-17-7-6-14-9-13(4-5-15(14)10-17)11-19-8-2-3-16(18)12-19;/h4-7,9-10,16H,2-3,8,11-12,18H2,1H3;1H. The lowest BCUT2D eigenvalue weighted by Gasteiger charge is -2.30. The highest BCUT2D eigenvalue weighted by molar-refractivity contribution is 5.85. The van der Waals surface area contributed by atoms with Crippen LogP contribution < -0.4 is 10.5 Å². The molecule has 3 rings (SSSR count). The van der Waals surface area contributed by atoms with E-state index in [-0.39, 0.29) is 12.4 Å². The number of piperidine rings is 1. The number of benzene rings is 2. The monoisotopic (exact) mass is 306 g/mol. The molecular formula is C17H23ClN2O. The Morgan fingerprint density at radius 3 is 2.71 bits per heavy atom. The van der Waals surface area contributed by atoms with Crippen molar-refractivity contribution >= 4 is 23.2 Å². The van der Waals surface area contributed by atoms with Crippen LogP contribution in [0.15, 0.2) is 36.4 Å². The van der Waals surface area contributed by atoms with Crippen molar-refractivity contribution in [2.45, 2.75) is 25.4 Å². The second-order valence-corrected chi connectivity index (χ2v) is 5.68. The maximum atomic E-state index is 6.05. The summed E-state index contributed by atoms with van der Waals surface area (Å²) in [5.74, 6) is 0.909. The Kier molecular flexibility index (Phi) is 5.45. The molecule has 0 radical (unpaired) electrons. The second-order valence-electron chi connectivity index (χ2n) is 5.68. The number of nitrogens with two attached hydrogens (primary N) is 1. The molecular weight excluding hydrogens is 284 g/mol. The van der Waals surface area contributed by atoms with E-state index in [0.717, 1.165) is 31.8 Å². The number of fused-ring (bicyclic) bond motifs is 1. The molecule has 2 aromatic carbocycles. The number of hydrogen-bond donors (Lipinski definition) is 1. The van der Waals surface area contributed by atoms with Crippen molar-refractivity contribution in [1.82, 2.24) is 4.90 Å². The van der Waals surface area contributed by atoms with Gasteiger partial charge in [0.2, 0.25) is 0 Å². The summed E-state index contributed by atoms with van der Waals surface area (Å²) in [6.45, 7) is 3.17. The molecule has 2 N–H and O–H groups in total. The van der Waals surface area contributed by atoms with E-state index in [1.807, 2.05) is 6.07 Å². The largest absolute Gasteiger partial charge is 0.497 e. The lowest BCUT2D eigenvalue weighted by atomic mass is 10.0. The zero-order valence-electron chi connectivity index (χ0n) is 12.4. The molecule has 1 aliphatic rings. The van der Waals surface area contributed by atoms with Crippen LogP contribution in [-0.2, 0) is 6.54 Å². The number of methoxy groups -OCH3 is 1. The van der Waals surface area contributed by atoms with Gasteiger partial charge < -0.3 is 10.5 Å². The number of ether oxygens (including phenoxy) is 1. The van der Waals surface area contributed by atoms with Crippen LogP contribution in [0, 0.1) is 0 Å². The molecule has 1 atom stereocenters. The molecule has 0 spiro atoms. The minimum atomic E-state index is 0. The molecule has 0 bridgehead atoms. The van der Waals surface area contributed by atoms with E-state index in [4.69, 9.17) is 10.5 Å². The van der Waals surface area contributed by atoms with Gasteiger partial charge in [-0.25, -0.2) is 0 Å². The van der Waals surface area contributed by atoms with Gasteiger partial charge in [0.05, 0.1) is 7.11 Å². The first-order valence-corrected chi connectivity index (χ1v) is 7.29. The molecule has 1 unspecified atom stereocenters. The van der Waals surface area contributed by atoms with E-state index in [1.54, 1.807) is 7.11 Å². The summed E-state index contributed by atoms with van der Waals surface area (Å²) in [6.07, 6.45) is 2.37. The van der Waals surface area contributed by atoms with E-state index in [9.17, 15) is 0 Å². The van der Waals surface area contributed by atoms with Crippen molar-refractivity contribution in [3.8, 4) is 5.75 Å². The highest BCUT2D eigenvalue weighted by atomic mass is 35.5. The van der Waals surface area contributed by atoms with Crippen LogP contribution in [0.3, 0.4) is 0 Å². The van der Waals surface area contributed by atoms with Crippen molar-refractivity contribution in [2.24, 2.45) is 5.73 Å². The molecule has 21 heavy (non-hydrogen) atoms. The molecule has 3 nitrogen and oxygen atoms in total. The van der Waals surface area contributed by atoms with Crippen LogP contribution in [0.4, 0.5) is 0 Å². The quantitative estimate of drug-likeness (QED) is 0.946. The Bertz CT molecular complexity index is 602. The van der Waals surface area contributed by atoms with Gasteiger partial charge in [0.15, 0.2) is 0 Å². The van der Waals surface area contributed by atoms with Gasteiger partial charge >= 0.3 is 0 Å². The van der Waals surface area contributed by atoms with Crippen molar-refractivity contribution in [3.05, 3.63) is 42.0 Å². The summed E-state index contributed by atoms with van der Waals surface area (Å²) >= 11 is 0. The molecule has 1 saturated heterocycles. The van der Waals surface area contributed by atoms with Gasteiger partial charge in [-0.3, -0.25) is 4.90 Å². The average Bonchev–Trinajstić information content (AvgIpc) is 2.47. The molecule has 4 heteroatoms. The zero-order valence-corrected chi connectivity index (χ0v) is 13.2. The lowest BCUT2D eigenvalue weighted by Crippen LogP contribution is -2.42. The third-order valence-electron chi connectivity index (χ3n) is 4.06. The number of nitrogens with zero attached hydrogens (tertiary/aromatic N) is 1. The van der Waals surface area contributed by atoms with Crippen LogP contribution in [-0.4, -0.2) is 31.1 Å². The normalized spacial score (nSPS) is 19.2. The average molecular weight is 307 g/mol. The summed E-state index contributed by atoms with van der Waals surface area (Å²) < 4.78 is 5.26. The third kappa shape index (κ3) is 3.88. The SMILES string of the molecule is COc1ccc2cc(CN3CCCC(N)C3)ccc2c1.Cl. The van der Waals surface area contributed by atoms with Gasteiger partial charge in [0, 0.05) is 19.1 Å². The number of likely N-dealkylation sites (tertiary alicyclic amines) is 1. The molecule has 0 amide bonds. The molecule has 0 aliphatic carbocycles. The zero-order chi connectivity index (χ0) is 13.9. The Morgan fingerprint density at radius 2 is 1.95 bits per heavy atom. The van der Waals surface area contributed by atoms with Crippen LogP contribution >= 0.6 is 12.4 Å². The maximum Gasteiger partial charge on any atom is 0.119 e. The molecule has 1 heterocycles. The van der Waals surface area contributed by atoms with Crippen molar-refractivity contribution in [2.75, 3.05) is 20.2 Å². The molecule has 1 aliphatic heterocycles. The molecule has 114 valence electrons. The van der Waals surface area contributed by atoms with E-state index >= 15 is 0 Å². The molecule has 0 saturated carbocycles. The highest BCUT2D eigenvalue weighted by Crippen LogP contribution is 2.23. The summed E-state index contributed by atoms with van der Waals surface area (Å²) in [4.78, 5) is 2.46. The Balaban J connectivity index is 0.00000161. The highest BCUT2D eigenvalue weighted by Gasteiger charge is 2.16.